The molecular weight excluding hydrogens is 372 g/mol. The molecule has 0 bridgehead atoms. The third kappa shape index (κ3) is 5.13. The fraction of sp³-hybridized carbons (Fsp3) is 0.190. The molecule has 3 aromatic rings. The summed E-state index contributed by atoms with van der Waals surface area (Å²) >= 11 is 0. The molecule has 0 atom stereocenters. The first kappa shape index (κ1) is 19.9. The number of amides is 1. The number of ether oxygens (including phenoxy) is 3. The van der Waals surface area contributed by atoms with E-state index in [1.165, 1.54) is 13.3 Å². The van der Waals surface area contributed by atoms with Gasteiger partial charge in [-0.1, -0.05) is 12.1 Å². The van der Waals surface area contributed by atoms with Gasteiger partial charge in [0.25, 0.3) is 5.91 Å². The van der Waals surface area contributed by atoms with E-state index in [4.69, 9.17) is 14.2 Å². The molecule has 0 saturated carbocycles. The van der Waals surface area contributed by atoms with Crippen molar-refractivity contribution in [3.63, 3.8) is 0 Å². The molecule has 0 aliphatic carbocycles. The van der Waals surface area contributed by atoms with Gasteiger partial charge in [-0.15, -0.1) is 0 Å². The second-order valence-electron chi connectivity index (χ2n) is 5.99. The molecule has 1 heterocycles. The normalized spacial score (nSPS) is 10.2. The Hall–Kier alpha value is -3.81. The quantitative estimate of drug-likeness (QED) is 0.605. The summed E-state index contributed by atoms with van der Waals surface area (Å²) in [5.41, 5.74) is 1.78. The molecule has 8 nitrogen and oxygen atoms in total. The first-order valence-electron chi connectivity index (χ1n) is 8.86. The maximum absolute atomic E-state index is 12.6. The number of rotatable bonds is 8. The Morgan fingerprint density at radius 2 is 1.66 bits per heavy atom. The van der Waals surface area contributed by atoms with Gasteiger partial charge < -0.3 is 24.8 Å². The van der Waals surface area contributed by atoms with Crippen LogP contribution in [-0.2, 0) is 6.54 Å². The van der Waals surface area contributed by atoms with Crippen molar-refractivity contribution in [1.82, 2.24) is 9.97 Å². The second-order valence-corrected chi connectivity index (χ2v) is 5.99. The summed E-state index contributed by atoms with van der Waals surface area (Å²) in [6, 6.07) is 14.3. The van der Waals surface area contributed by atoms with Crippen LogP contribution in [0.5, 0.6) is 17.2 Å². The molecule has 2 N–H and O–H groups in total. The standard InChI is InChI=1S/C21H22N4O4/c1-27-15-6-4-14(5-7-15)13-23-21-22-11-10-18(25-21)20(26)24-17-9-8-16(28-2)12-19(17)29-3/h4-12H,13H2,1-3H3,(H,24,26)(H,22,23,25). The topological polar surface area (TPSA) is 94.6 Å². The minimum absolute atomic E-state index is 0.232. The largest absolute Gasteiger partial charge is 0.497 e. The van der Waals surface area contributed by atoms with Gasteiger partial charge in [0, 0.05) is 18.8 Å². The van der Waals surface area contributed by atoms with Gasteiger partial charge in [-0.05, 0) is 35.9 Å². The van der Waals surface area contributed by atoms with Crippen molar-refractivity contribution in [3.05, 3.63) is 66.0 Å². The molecule has 0 radical (unpaired) electrons. The predicted octanol–water partition coefficient (Wildman–Crippen LogP) is 3.37. The molecule has 1 aromatic heterocycles. The van der Waals surface area contributed by atoms with Crippen LogP contribution >= 0.6 is 0 Å². The molecule has 0 unspecified atom stereocenters. The second kappa shape index (κ2) is 9.41. The lowest BCUT2D eigenvalue weighted by Crippen LogP contribution is -2.16. The van der Waals surface area contributed by atoms with Crippen molar-refractivity contribution >= 4 is 17.5 Å². The average molecular weight is 394 g/mol. The number of nitrogens with one attached hydrogen (secondary N) is 2. The van der Waals surface area contributed by atoms with Gasteiger partial charge in [-0.2, -0.15) is 0 Å². The SMILES string of the molecule is COc1ccc(CNc2nccc(C(=O)Nc3ccc(OC)cc3OC)n2)cc1. The number of methoxy groups -OCH3 is 3. The Morgan fingerprint density at radius 3 is 2.34 bits per heavy atom. The van der Waals surface area contributed by atoms with Crippen molar-refractivity contribution < 1.29 is 19.0 Å². The Labute approximate surface area is 168 Å². The van der Waals surface area contributed by atoms with E-state index in [1.807, 2.05) is 24.3 Å². The molecule has 150 valence electrons. The van der Waals surface area contributed by atoms with Crippen LogP contribution in [0.15, 0.2) is 54.7 Å². The van der Waals surface area contributed by atoms with E-state index < -0.39 is 0 Å². The maximum atomic E-state index is 12.6. The third-order valence-corrected chi connectivity index (χ3v) is 4.15. The Bertz CT molecular complexity index is 977. The smallest absolute Gasteiger partial charge is 0.274 e. The molecule has 0 saturated heterocycles. The fourth-order valence-corrected chi connectivity index (χ4v) is 2.58. The van der Waals surface area contributed by atoms with E-state index in [0.29, 0.717) is 29.7 Å². The van der Waals surface area contributed by atoms with E-state index in [0.717, 1.165) is 11.3 Å². The number of carbonyl (C=O) groups excluding carboxylic acids is 1. The highest BCUT2D eigenvalue weighted by molar-refractivity contribution is 6.03. The average Bonchev–Trinajstić information content (AvgIpc) is 2.78. The summed E-state index contributed by atoms with van der Waals surface area (Å²) in [7, 11) is 4.71. The molecule has 3 rings (SSSR count). The summed E-state index contributed by atoms with van der Waals surface area (Å²) in [5, 5.41) is 5.90. The van der Waals surface area contributed by atoms with E-state index >= 15 is 0 Å². The van der Waals surface area contributed by atoms with Gasteiger partial charge in [0.05, 0.1) is 27.0 Å². The summed E-state index contributed by atoms with van der Waals surface area (Å²) in [6.45, 7) is 0.515. The third-order valence-electron chi connectivity index (χ3n) is 4.15. The molecule has 0 fully saturated rings. The van der Waals surface area contributed by atoms with Gasteiger partial charge >= 0.3 is 0 Å². The molecule has 29 heavy (non-hydrogen) atoms. The van der Waals surface area contributed by atoms with E-state index in [-0.39, 0.29) is 11.6 Å². The van der Waals surface area contributed by atoms with Crippen LogP contribution < -0.4 is 24.8 Å². The molecule has 8 heteroatoms. The fourth-order valence-electron chi connectivity index (χ4n) is 2.58. The highest BCUT2D eigenvalue weighted by Crippen LogP contribution is 2.29. The lowest BCUT2D eigenvalue weighted by molar-refractivity contribution is 0.102. The highest BCUT2D eigenvalue weighted by atomic mass is 16.5. The molecule has 0 spiro atoms. The van der Waals surface area contributed by atoms with Gasteiger partial charge in [0.1, 0.15) is 22.9 Å². The minimum Gasteiger partial charge on any atom is -0.497 e. The van der Waals surface area contributed by atoms with Crippen LogP contribution in [0, 0.1) is 0 Å². The van der Waals surface area contributed by atoms with Crippen molar-refractivity contribution in [2.24, 2.45) is 0 Å². The van der Waals surface area contributed by atoms with Gasteiger partial charge in [-0.25, -0.2) is 9.97 Å². The zero-order valence-electron chi connectivity index (χ0n) is 16.4. The first-order chi connectivity index (χ1) is 14.1. The highest BCUT2D eigenvalue weighted by Gasteiger charge is 2.13. The number of benzene rings is 2. The van der Waals surface area contributed by atoms with Gasteiger partial charge in [0.2, 0.25) is 5.95 Å². The molecular formula is C21H22N4O4. The van der Waals surface area contributed by atoms with Gasteiger partial charge in [-0.3, -0.25) is 4.79 Å². The Balaban J connectivity index is 1.67. The minimum atomic E-state index is -0.372. The predicted molar refractivity (Wildman–Crippen MR) is 110 cm³/mol. The lowest BCUT2D eigenvalue weighted by atomic mass is 10.2. The van der Waals surface area contributed by atoms with Crippen LogP contribution in [0.25, 0.3) is 0 Å². The maximum Gasteiger partial charge on any atom is 0.274 e. The number of nitrogens with zero attached hydrogens (tertiary/aromatic N) is 2. The van der Waals surface area contributed by atoms with E-state index in [2.05, 4.69) is 20.6 Å². The van der Waals surface area contributed by atoms with Crippen LogP contribution in [0.1, 0.15) is 16.1 Å². The van der Waals surface area contributed by atoms with Crippen molar-refractivity contribution in [2.75, 3.05) is 32.0 Å². The summed E-state index contributed by atoms with van der Waals surface area (Å²) in [5.74, 6) is 1.90. The lowest BCUT2D eigenvalue weighted by Gasteiger charge is -2.12. The van der Waals surface area contributed by atoms with Crippen LogP contribution in [-0.4, -0.2) is 37.2 Å². The summed E-state index contributed by atoms with van der Waals surface area (Å²) < 4.78 is 15.6. The molecule has 2 aromatic carbocycles. The van der Waals surface area contributed by atoms with Crippen LogP contribution in [0.2, 0.25) is 0 Å². The number of aromatic nitrogens is 2. The van der Waals surface area contributed by atoms with Crippen molar-refractivity contribution in [1.29, 1.82) is 0 Å². The zero-order valence-corrected chi connectivity index (χ0v) is 16.4. The number of carbonyl (C=O) groups is 1. The van der Waals surface area contributed by atoms with Gasteiger partial charge in [0.15, 0.2) is 0 Å². The van der Waals surface area contributed by atoms with Crippen LogP contribution in [0.4, 0.5) is 11.6 Å². The number of hydrogen-bond donors (Lipinski definition) is 2. The molecule has 0 aliphatic heterocycles. The number of anilines is 2. The first-order valence-corrected chi connectivity index (χ1v) is 8.86. The van der Waals surface area contributed by atoms with E-state index in [1.54, 1.807) is 38.5 Å². The monoisotopic (exact) mass is 394 g/mol. The zero-order chi connectivity index (χ0) is 20.6. The molecule has 1 amide bonds. The Morgan fingerprint density at radius 1 is 0.931 bits per heavy atom. The Kier molecular flexibility index (Phi) is 6.47. The van der Waals surface area contributed by atoms with E-state index in [9.17, 15) is 4.79 Å². The summed E-state index contributed by atoms with van der Waals surface area (Å²) in [4.78, 5) is 21.1. The van der Waals surface area contributed by atoms with Crippen LogP contribution in [0.3, 0.4) is 0 Å². The summed E-state index contributed by atoms with van der Waals surface area (Å²) in [6.07, 6.45) is 1.53. The number of hydrogen-bond acceptors (Lipinski definition) is 7. The van der Waals surface area contributed by atoms with Crippen molar-refractivity contribution in [3.8, 4) is 17.2 Å². The van der Waals surface area contributed by atoms with Crippen molar-refractivity contribution in [2.45, 2.75) is 6.54 Å². The molecule has 0 aliphatic rings.